The Morgan fingerprint density at radius 2 is 1.75 bits per heavy atom. The lowest BCUT2D eigenvalue weighted by Gasteiger charge is -2.13. The number of hydrogen-bond donors (Lipinski definition) is 1. The lowest BCUT2D eigenvalue weighted by Crippen LogP contribution is -2.00. The maximum Gasteiger partial charge on any atom is 0.214 e. The molecule has 0 radical (unpaired) electrons. The molecule has 24 heavy (non-hydrogen) atoms. The third-order valence-corrected chi connectivity index (χ3v) is 4.20. The fraction of sp³-hybridized carbons (Fsp3) is 0.286. The van der Waals surface area contributed by atoms with Gasteiger partial charge in [0.1, 0.15) is 5.58 Å². The first kappa shape index (κ1) is 16.3. The van der Waals surface area contributed by atoms with Crippen molar-refractivity contribution in [3.8, 4) is 0 Å². The average molecular weight is 320 g/mol. The highest BCUT2D eigenvalue weighted by Gasteiger charge is 2.08. The van der Waals surface area contributed by atoms with Gasteiger partial charge >= 0.3 is 0 Å². The summed E-state index contributed by atoms with van der Waals surface area (Å²) in [5.41, 5.74) is 7.64. The molecule has 3 aromatic rings. The Morgan fingerprint density at radius 1 is 0.958 bits per heavy atom. The van der Waals surface area contributed by atoms with Crippen LogP contribution in [0, 0.1) is 0 Å². The zero-order valence-corrected chi connectivity index (χ0v) is 14.7. The second-order valence-corrected chi connectivity index (χ2v) is 6.72. The topological polar surface area (TPSA) is 37.5 Å². The van der Waals surface area contributed by atoms with E-state index < -0.39 is 0 Å². The second kappa shape index (κ2) is 6.91. The molecule has 2 aromatic carbocycles. The van der Waals surface area contributed by atoms with Crippen LogP contribution in [0.5, 0.6) is 0 Å². The van der Waals surface area contributed by atoms with Crippen molar-refractivity contribution in [2.24, 2.45) is 5.10 Å². The minimum atomic E-state index is 0.457. The third kappa shape index (κ3) is 3.51. The summed E-state index contributed by atoms with van der Waals surface area (Å²) >= 11 is 0. The summed E-state index contributed by atoms with van der Waals surface area (Å²) in [5.74, 6) is 1.61. The Balaban J connectivity index is 1.83. The van der Waals surface area contributed by atoms with Crippen molar-refractivity contribution >= 4 is 23.1 Å². The zero-order valence-electron chi connectivity index (χ0n) is 14.7. The van der Waals surface area contributed by atoms with E-state index in [1.165, 1.54) is 11.1 Å². The number of nitrogens with one attached hydrogen (secondary N) is 1. The molecule has 0 aliphatic heterocycles. The van der Waals surface area contributed by atoms with Crippen LogP contribution in [0.3, 0.4) is 0 Å². The van der Waals surface area contributed by atoms with E-state index in [4.69, 9.17) is 4.42 Å². The number of nitrogens with zero attached hydrogens (tertiary/aromatic N) is 1. The Labute approximate surface area is 143 Å². The number of hydrogen-bond acceptors (Lipinski definition) is 3. The number of furan rings is 1. The summed E-state index contributed by atoms with van der Waals surface area (Å²) in [6.07, 6.45) is 1.88. The molecule has 1 aromatic heterocycles. The Bertz CT molecular complexity index is 826. The third-order valence-electron chi connectivity index (χ3n) is 4.20. The van der Waals surface area contributed by atoms with E-state index in [9.17, 15) is 0 Å². The maximum absolute atomic E-state index is 5.72. The van der Waals surface area contributed by atoms with Gasteiger partial charge in [-0.15, -0.1) is 0 Å². The van der Waals surface area contributed by atoms with Gasteiger partial charge in [0, 0.05) is 11.5 Å². The average Bonchev–Trinajstić information content (AvgIpc) is 2.97. The Hall–Kier alpha value is -2.55. The van der Waals surface area contributed by atoms with Gasteiger partial charge in [-0.25, -0.2) is 5.43 Å². The van der Waals surface area contributed by atoms with Gasteiger partial charge in [-0.05, 0) is 40.7 Å². The molecule has 0 amide bonds. The van der Waals surface area contributed by atoms with Crippen LogP contribution >= 0.6 is 0 Å². The summed E-state index contributed by atoms with van der Waals surface area (Å²) in [7, 11) is 0. The van der Waals surface area contributed by atoms with Crippen LogP contribution in [0.2, 0.25) is 0 Å². The summed E-state index contributed by atoms with van der Waals surface area (Å²) < 4.78 is 5.72. The van der Waals surface area contributed by atoms with E-state index >= 15 is 0 Å². The van der Waals surface area contributed by atoms with Crippen LogP contribution in [-0.2, 0) is 0 Å². The minimum Gasteiger partial charge on any atom is -0.439 e. The molecule has 1 heterocycles. The van der Waals surface area contributed by atoms with Crippen molar-refractivity contribution in [1.29, 1.82) is 0 Å². The molecule has 1 N–H and O–H groups in total. The Kier molecular flexibility index (Phi) is 4.70. The fourth-order valence-electron chi connectivity index (χ4n) is 2.79. The second-order valence-electron chi connectivity index (χ2n) is 6.72. The van der Waals surface area contributed by atoms with E-state index in [-0.39, 0.29) is 0 Å². The van der Waals surface area contributed by atoms with E-state index in [0.29, 0.717) is 17.7 Å². The largest absolute Gasteiger partial charge is 0.439 e. The van der Waals surface area contributed by atoms with E-state index in [1.54, 1.807) is 0 Å². The van der Waals surface area contributed by atoms with E-state index in [1.807, 2.05) is 36.5 Å². The number of fused-ring (bicyclic) bond motifs is 1. The van der Waals surface area contributed by atoms with E-state index in [0.717, 1.165) is 16.5 Å². The summed E-state index contributed by atoms with van der Waals surface area (Å²) in [5, 5.41) is 5.45. The number of rotatable bonds is 5. The number of benzene rings is 2. The molecule has 0 saturated heterocycles. The van der Waals surface area contributed by atoms with Crippen LogP contribution in [-0.4, -0.2) is 6.21 Å². The fourth-order valence-corrected chi connectivity index (χ4v) is 2.79. The number of hydrazone groups is 1. The normalized spacial score (nSPS) is 11.9. The van der Waals surface area contributed by atoms with Crippen LogP contribution in [0.25, 0.3) is 11.0 Å². The van der Waals surface area contributed by atoms with Gasteiger partial charge in [-0.1, -0.05) is 58.0 Å². The molecule has 0 fully saturated rings. The van der Waals surface area contributed by atoms with Crippen LogP contribution < -0.4 is 5.43 Å². The van der Waals surface area contributed by atoms with Gasteiger partial charge in [0.05, 0.1) is 6.21 Å². The highest BCUT2D eigenvalue weighted by molar-refractivity contribution is 5.84. The first-order valence-corrected chi connectivity index (χ1v) is 8.46. The van der Waals surface area contributed by atoms with Crippen molar-refractivity contribution in [3.05, 3.63) is 65.2 Å². The molecule has 3 heteroatoms. The molecule has 0 unspecified atom stereocenters. The molecule has 124 valence electrons. The molecule has 0 spiro atoms. The molecule has 0 bridgehead atoms. The predicted molar refractivity (Wildman–Crippen MR) is 102 cm³/mol. The molecule has 3 nitrogen and oxygen atoms in total. The molecule has 3 rings (SSSR count). The van der Waals surface area contributed by atoms with Gasteiger partial charge < -0.3 is 4.42 Å². The quantitative estimate of drug-likeness (QED) is 0.454. The van der Waals surface area contributed by atoms with Crippen LogP contribution in [0.1, 0.15) is 56.2 Å². The summed E-state index contributed by atoms with van der Waals surface area (Å²) in [4.78, 5) is 0. The first-order chi connectivity index (χ1) is 11.5. The smallest absolute Gasteiger partial charge is 0.214 e. The van der Waals surface area contributed by atoms with Gasteiger partial charge in [0.25, 0.3) is 0 Å². The van der Waals surface area contributed by atoms with Crippen LogP contribution in [0.4, 0.5) is 5.88 Å². The molecular formula is C21H24N2O. The van der Waals surface area contributed by atoms with Crippen LogP contribution in [0.15, 0.2) is 58.0 Å². The van der Waals surface area contributed by atoms with Crippen molar-refractivity contribution < 1.29 is 4.42 Å². The van der Waals surface area contributed by atoms with E-state index in [2.05, 4.69) is 56.4 Å². The summed E-state index contributed by atoms with van der Waals surface area (Å²) in [6, 6.07) is 16.5. The summed E-state index contributed by atoms with van der Waals surface area (Å²) in [6.45, 7) is 8.82. The maximum atomic E-state index is 5.72. The van der Waals surface area contributed by atoms with Gasteiger partial charge in [-0.2, -0.15) is 5.10 Å². The van der Waals surface area contributed by atoms with Gasteiger partial charge in [0.15, 0.2) is 0 Å². The monoisotopic (exact) mass is 320 g/mol. The predicted octanol–water partition coefficient (Wildman–Crippen LogP) is 6.13. The van der Waals surface area contributed by atoms with Crippen molar-refractivity contribution in [2.75, 3.05) is 5.43 Å². The molecule has 0 aliphatic carbocycles. The van der Waals surface area contributed by atoms with Gasteiger partial charge in [0.2, 0.25) is 5.88 Å². The highest BCUT2D eigenvalue weighted by atomic mass is 16.4. The number of para-hydroxylation sites is 1. The molecule has 0 saturated carbocycles. The molecular weight excluding hydrogens is 296 g/mol. The van der Waals surface area contributed by atoms with Gasteiger partial charge in [-0.3, -0.25) is 0 Å². The highest BCUT2D eigenvalue weighted by Crippen LogP contribution is 2.24. The number of anilines is 1. The standard InChI is InChI=1S/C21H24N2O/c1-14(2)16-9-10-19(15(3)4)18(11-16)13-22-23-21-12-17-7-5-6-8-20(17)24-21/h5-15,23H,1-4H3/b22-13+. The molecule has 0 aliphatic rings. The van der Waals surface area contributed by atoms with Crippen molar-refractivity contribution in [1.82, 2.24) is 0 Å². The van der Waals surface area contributed by atoms with Crippen molar-refractivity contribution in [3.63, 3.8) is 0 Å². The lowest BCUT2D eigenvalue weighted by atomic mass is 9.92. The Morgan fingerprint density at radius 3 is 2.46 bits per heavy atom. The van der Waals surface area contributed by atoms with Crippen molar-refractivity contribution in [2.45, 2.75) is 39.5 Å². The lowest BCUT2D eigenvalue weighted by molar-refractivity contribution is 0.629. The SMILES string of the molecule is CC(C)c1ccc(C(C)C)c(/C=N/Nc2cc3ccccc3o2)c1. The molecule has 0 atom stereocenters. The first-order valence-electron chi connectivity index (χ1n) is 8.46. The minimum absolute atomic E-state index is 0.457. The zero-order chi connectivity index (χ0) is 17.1.